The summed E-state index contributed by atoms with van der Waals surface area (Å²) < 4.78 is 0. The lowest BCUT2D eigenvalue weighted by Crippen LogP contribution is -2.12. The van der Waals surface area contributed by atoms with Crippen LogP contribution < -0.4 is 5.32 Å². The lowest BCUT2D eigenvalue weighted by Gasteiger charge is -2.06. The largest absolute Gasteiger partial charge is 0.298 e. The van der Waals surface area contributed by atoms with E-state index in [1.54, 1.807) is 24.3 Å². The van der Waals surface area contributed by atoms with Crippen LogP contribution in [0, 0.1) is 0 Å². The van der Waals surface area contributed by atoms with Crippen molar-refractivity contribution in [2.75, 3.05) is 5.32 Å². The summed E-state index contributed by atoms with van der Waals surface area (Å²) in [6.07, 6.45) is 0. The fraction of sp³-hybridized carbons (Fsp3) is 0. The Hall–Kier alpha value is -2.40. The number of hydrogen-bond donors (Lipinski definition) is 1. The van der Waals surface area contributed by atoms with Crippen molar-refractivity contribution in [1.82, 2.24) is 4.98 Å². The molecule has 0 fully saturated rings. The maximum Gasteiger partial charge on any atom is 0.258 e. The summed E-state index contributed by atoms with van der Waals surface area (Å²) in [5, 5.41) is 8.29. The minimum absolute atomic E-state index is 0.195. The monoisotopic (exact) mass is 398 g/mol. The second kappa shape index (κ2) is 7.08. The van der Waals surface area contributed by atoms with Crippen LogP contribution in [0.25, 0.3) is 22.0 Å². The number of nitrogens with zero attached hydrogens (tertiary/aromatic N) is 1. The van der Waals surface area contributed by atoms with Gasteiger partial charge in [0.05, 0.1) is 10.7 Å². The van der Waals surface area contributed by atoms with Gasteiger partial charge in [0.2, 0.25) is 0 Å². The van der Waals surface area contributed by atoms with Crippen molar-refractivity contribution in [2.24, 2.45) is 0 Å². The predicted molar refractivity (Wildman–Crippen MR) is 109 cm³/mol. The highest BCUT2D eigenvalue weighted by Crippen LogP contribution is 2.33. The average molecular weight is 399 g/mol. The van der Waals surface area contributed by atoms with E-state index < -0.39 is 0 Å². The first kappa shape index (κ1) is 17.0. The summed E-state index contributed by atoms with van der Waals surface area (Å²) >= 11 is 13.6. The van der Waals surface area contributed by atoms with Gasteiger partial charge in [-0.1, -0.05) is 59.6 Å². The minimum atomic E-state index is -0.195. The molecule has 0 spiro atoms. The van der Waals surface area contributed by atoms with E-state index >= 15 is 0 Å². The molecule has 128 valence electrons. The zero-order chi connectivity index (χ0) is 18.1. The number of aromatic nitrogens is 1. The third-order valence-electron chi connectivity index (χ3n) is 3.96. The van der Waals surface area contributed by atoms with Gasteiger partial charge in [-0.15, -0.1) is 11.3 Å². The highest BCUT2D eigenvalue weighted by atomic mass is 35.5. The third kappa shape index (κ3) is 3.31. The molecule has 0 unspecified atom stereocenters. The van der Waals surface area contributed by atoms with Gasteiger partial charge in [-0.25, -0.2) is 4.98 Å². The van der Waals surface area contributed by atoms with Crippen LogP contribution in [0.2, 0.25) is 10.0 Å². The van der Waals surface area contributed by atoms with Crippen LogP contribution in [0.1, 0.15) is 10.4 Å². The number of benzene rings is 3. The van der Waals surface area contributed by atoms with Crippen LogP contribution in [0.15, 0.2) is 66.0 Å². The average Bonchev–Trinajstić information content (AvgIpc) is 3.11. The molecule has 0 bridgehead atoms. The van der Waals surface area contributed by atoms with E-state index in [0.29, 0.717) is 26.4 Å². The molecule has 1 N–H and O–H groups in total. The Bertz CT molecular complexity index is 1120. The first-order valence-electron chi connectivity index (χ1n) is 7.82. The number of nitrogens with one attached hydrogen (secondary N) is 1. The summed E-state index contributed by atoms with van der Waals surface area (Å²) in [5.41, 5.74) is 2.03. The van der Waals surface area contributed by atoms with E-state index in [0.717, 1.165) is 16.3 Å². The second-order valence-corrected chi connectivity index (χ2v) is 7.34. The van der Waals surface area contributed by atoms with Crippen LogP contribution in [0.3, 0.4) is 0 Å². The number of hydrogen-bond acceptors (Lipinski definition) is 3. The normalized spacial score (nSPS) is 10.8. The molecule has 1 aromatic heterocycles. The number of carbonyl (C=O) groups is 1. The van der Waals surface area contributed by atoms with Crippen LogP contribution in [-0.4, -0.2) is 10.9 Å². The van der Waals surface area contributed by atoms with Gasteiger partial charge in [0.15, 0.2) is 5.13 Å². The summed E-state index contributed by atoms with van der Waals surface area (Å²) in [6, 6.07) is 18.7. The van der Waals surface area contributed by atoms with Crippen LogP contribution in [0.4, 0.5) is 5.13 Å². The number of thiazole rings is 1. The Morgan fingerprint density at radius 3 is 2.69 bits per heavy atom. The first-order valence-corrected chi connectivity index (χ1v) is 9.45. The van der Waals surface area contributed by atoms with E-state index in [1.165, 1.54) is 11.3 Å². The molecule has 0 aliphatic carbocycles. The van der Waals surface area contributed by atoms with E-state index in [1.807, 2.05) is 41.8 Å². The molecule has 0 aliphatic heterocycles. The molecule has 6 heteroatoms. The summed E-state index contributed by atoms with van der Waals surface area (Å²) in [5.74, 6) is -0.195. The Labute approximate surface area is 164 Å². The summed E-state index contributed by atoms with van der Waals surface area (Å²) in [4.78, 5) is 17.2. The molecule has 0 atom stereocenters. The van der Waals surface area contributed by atoms with Gasteiger partial charge in [-0.2, -0.15) is 0 Å². The lowest BCUT2D eigenvalue weighted by molar-refractivity contribution is 0.102. The summed E-state index contributed by atoms with van der Waals surface area (Å²) in [6.45, 7) is 0. The van der Waals surface area contributed by atoms with E-state index in [4.69, 9.17) is 23.2 Å². The van der Waals surface area contributed by atoms with Gasteiger partial charge in [0, 0.05) is 21.5 Å². The lowest BCUT2D eigenvalue weighted by atomic mass is 10.0. The molecule has 4 aromatic rings. The van der Waals surface area contributed by atoms with Gasteiger partial charge in [-0.3, -0.25) is 10.1 Å². The topological polar surface area (TPSA) is 42.0 Å². The molecule has 1 amide bonds. The van der Waals surface area contributed by atoms with E-state index in [-0.39, 0.29) is 5.91 Å². The summed E-state index contributed by atoms with van der Waals surface area (Å²) in [7, 11) is 0. The van der Waals surface area contributed by atoms with Crippen molar-refractivity contribution in [3.05, 3.63) is 81.7 Å². The molecule has 3 nitrogen and oxygen atoms in total. The van der Waals surface area contributed by atoms with Crippen molar-refractivity contribution in [2.45, 2.75) is 0 Å². The number of anilines is 1. The highest BCUT2D eigenvalue weighted by molar-refractivity contribution is 7.14. The molecule has 0 saturated carbocycles. The molecule has 1 heterocycles. The molecule has 0 aliphatic rings. The number of halogens is 2. The Balaban J connectivity index is 1.63. The quantitative estimate of drug-likeness (QED) is 0.426. The van der Waals surface area contributed by atoms with Crippen LogP contribution >= 0.6 is 34.5 Å². The third-order valence-corrected chi connectivity index (χ3v) is 5.29. The van der Waals surface area contributed by atoms with Crippen LogP contribution in [0.5, 0.6) is 0 Å². The maximum absolute atomic E-state index is 12.7. The fourth-order valence-electron chi connectivity index (χ4n) is 2.74. The number of fused-ring (bicyclic) bond motifs is 1. The number of carbonyl (C=O) groups excluding carboxylic acids is 1. The van der Waals surface area contributed by atoms with E-state index in [2.05, 4.69) is 10.3 Å². The molecule has 3 aromatic carbocycles. The second-order valence-electron chi connectivity index (χ2n) is 5.64. The molecule has 0 saturated heterocycles. The Kier molecular flexibility index (Phi) is 4.64. The Morgan fingerprint density at radius 2 is 1.81 bits per heavy atom. The van der Waals surface area contributed by atoms with Crippen molar-refractivity contribution < 1.29 is 4.79 Å². The SMILES string of the molecule is O=C(Nc1nc(-c2cc(Cl)ccc2Cl)cs1)c1cccc2ccccc12. The van der Waals surface area contributed by atoms with Crippen molar-refractivity contribution in [1.29, 1.82) is 0 Å². The van der Waals surface area contributed by atoms with Gasteiger partial charge in [-0.05, 0) is 35.0 Å². The van der Waals surface area contributed by atoms with Crippen LogP contribution in [-0.2, 0) is 0 Å². The van der Waals surface area contributed by atoms with Crippen molar-refractivity contribution in [3.63, 3.8) is 0 Å². The van der Waals surface area contributed by atoms with Gasteiger partial charge >= 0.3 is 0 Å². The zero-order valence-corrected chi connectivity index (χ0v) is 15.7. The highest BCUT2D eigenvalue weighted by Gasteiger charge is 2.14. The van der Waals surface area contributed by atoms with Gasteiger partial charge in [0.25, 0.3) is 5.91 Å². The maximum atomic E-state index is 12.7. The number of rotatable bonds is 3. The predicted octanol–water partition coefficient (Wildman–Crippen LogP) is 6.52. The zero-order valence-electron chi connectivity index (χ0n) is 13.4. The molecule has 4 rings (SSSR count). The Morgan fingerprint density at radius 1 is 1.00 bits per heavy atom. The van der Waals surface area contributed by atoms with Crippen molar-refractivity contribution >= 4 is 56.3 Å². The smallest absolute Gasteiger partial charge is 0.258 e. The molecule has 0 radical (unpaired) electrons. The fourth-order valence-corrected chi connectivity index (χ4v) is 3.83. The number of amides is 1. The first-order chi connectivity index (χ1) is 12.6. The van der Waals surface area contributed by atoms with Gasteiger partial charge < -0.3 is 0 Å². The molecular formula is C20H12Cl2N2OS. The minimum Gasteiger partial charge on any atom is -0.298 e. The molecule has 26 heavy (non-hydrogen) atoms. The van der Waals surface area contributed by atoms with Crippen molar-refractivity contribution in [3.8, 4) is 11.3 Å². The van der Waals surface area contributed by atoms with E-state index in [9.17, 15) is 4.79 Å². The molecular weight excluding hydrogens is 387 g/mol. The standard InChI is InChI=1S/C20H12Cl2N2OS/c21-13-8-9-17(22)16(10-13)18-11-26-20(23-18)24-19(25)15-7-3-5-12-4-1-2-6-14(12)15/h1-11H,(H,23,24,25). The van der Waals surface area contributed by atoms with Gasteiger partial charge in [0.1, 0.15) is 0 Å².